The van der Waals surface area contributed by atoms with Gasteiger partial charge in [-0.3, -0.25) is 9.78 Å². The number of pyridine rings is 1. The molecule has 4 heteroatoms. The van der Waals surface area contributed by atoms with Crippen LogP contribution < -0.4 is 0 Å². The van der Waals surface area contributed by atoms with Gasteiger partial charge in [-0.2, -0.15) is 0 Å². The van der Waals surface area contributed by atoms with Gasteiger partial charge in [-0.25, -0.2) is 0 Å². The summed E-state index contributed by atoms with van der Waals surface area (Å²) in [5.41, 5.74) is 3.72. The van der Waals surface area contributed by atoms with Crippen molar-refractivity contribution >= 4 is 5.97 Å². The molecule has 0 spiro atoms. The molecule has 1 heterocycles. The molecule has 0 radical (unpaired) electrons. The molecular weight excluding hydrogens is 266 g/mol. The summed E-state index contributed by atoms with van der Waals surface area (Å²) in [6.07, 6.45) is 3.50. The van der Waals surface area contributed by atoms with Crippen LogP contribution in [0.1, 0.15) is 25.0 Å². The van der Waals surface area contributed by atoms with Gasteiger partial charge in [0.05, 0.1) is 19.1 Å². The highest BCUT2D eigenvalue weighted by atomic mass is 16.5. The van der Waals surface area contributed by atoms with E-state index in [4.69, 9.17) is 9.84 Å². The Balaban J connectivity index is 2.21. The number of aromatic nitrogens is 1. The van der Waals surface area contributed by atoms with E-state index < -0.39 is 5.97 Å². The Kier molecular flexibility index (Phi) is 5.06. The van der Waals surface area contributed by atoms with Crippen LogP contribution in [-0.4, -0.2) is 22.2 Å². The molecular formula is C17H19NO3. The van der Waals surface area contributed by atoms with Crippen molar-refractivity contribution in [2.75, 3.05) is 0 Å². The summed E-state index contributed by atoms with van der Waals surface area (Å²) in [5, 5.41) is 8.85. The van der Waals surface area contributed by atoms with Crippen LogP contribution >= 0.6 is 0 Å². The van der Waals surface area contributed by atoms with E-state index in [1.807, 2.05) is 44.2 Å². The van der Waals surface area contributed by atoms with Crippen molar-refractivity contribution in [1.82, 2.24) is 4.98 Å². The predicted molar refractivity (Wildman–Crippen MR) is 80.9 cm³/mol. The quantitative estimate of drug-likeness (QED) is 0.884. The van der Waals surface area contributed by atoms with E-state index >= 15 is 0 Å². The molecule has 0 bridgehead atoms. The fourth-order valence-electron chi connectivity index (χ4n) is 2.02. The highest BCUT2D eigenvalue weighted by Gasteiger charge is 2.05. The summed E-state index contributed by atoms with van der Waals surface area (Å²) in [4.78, 5) is 14.9. The molecule has 0 saturated carbocycles. The Morgan fingerprint density at radius 3 is 2.67 bits per heavy atom. The van der Waals surface area contributed by atoms with Gasteiger partial charge >= 0.3 is 5.97 Å². The fourth-order valence-corrected chi connectivity index (χ4v) is 2.02. The summed E-state index contributed by atoms with van der Waals surface area (Å²) < 4.78 is 5.60. The molecule has 4 nitrogen and oxygen atoms in total. The van der Waals surface area contributed by atoms with Crippen molar-refractivity contribution in [2.24, 2.45) is 0 Å². The van der Waals surface area contributed by atoms with Crippen molar-refractivity contribution in [3.63, 3.8) is 0 Å². The third kappa shape index (κ3) is 4.68. The van der Waals surface area contributed by atoms with Crippen LogP contribution in [0.25, 0.3) is 11.1 Å². The Morgan fingerprint density at radius 1 is 1.19 bits per heavy atom. The van der Waals surface area contributed by atoms with E-state index in [0.29, 0.717) is 12.2 Å². The molecule has 0 atom stereocenters. The molecule has 0 amide bonds. The first-order valence-corrected chi connectivity index (χ1v) is 6.91. The summed E-state index contributed by atoms with van der Waals surface area (Å²) in [7, 11) is 0. The van der Waals surface area contributed by atoms with Crippen LogP contribution in [0.4, 0.5) is 0 Å². The van der Waals surface area contributed by atoms with Gasteiger partial charge in [0.15, 0.2) is 0 Å². The maximum Gasteiger partial charge on any atom is 0.307 e. The Morgan fingerprint density at radius 2 is 1.95 bits per heavy atom. The molecule has 110 valence electrons. The lowest BCUT2D eigenvalue weighted by Gasteiger charge is -2.09. The molecule has 21 heavy (non-hydrogen) atoms. The Labute approximate surface area is 124 Å². The number of hydrogen-bond acceptors (Lipinski definition) is 3. The highest BCUT2D eigenvalue weighted by molar-refractivity contribution is 5.71. The summed E-state index contributed by atoms with van der Waals surface area (Å²) >= 11 is 0. The van der Waals surface area contributed by atoms with Crippen LogP contribution in [0.3, 0.4) is 0 Å². The largest absolute Gasteiger partial charge is 0.481 e. The van der Waals surface area contributed by atoms with E-state index in [1.54, 1.807) is 12.4 Å². The second-order valence-corrected chi connectivity index (χ2v) is 5.21. The van der Waals surface area contributed by atoms with E-state index in [9.17, 15) is 4.79 Å². The number of hydrogen-bond donors (Lipinski definition) is 1. The summed E-state index contributed by atoms with van der Waals surface area (Å²) in [6, 6.07) is 9.88. The molecule has 0 aliphatic heterocycles. The van der Waals surface area contributed by atoms with Crippen LogP contribution in [0.2, 0.25) is 0 Å². The molecule has 1 N–H and O–H groups in total. The normalized spacial score (nSPS) is 10.8. The number of rotatable bonds is 6. The van der Waals surface area contributed by atoms with E-state index in [1.165, 1.54) is 0 Å². The molecule has 1 aromatic carbocycles. The third-order valence-corrected chi connectivity index (χ3v) is 2.99. The second kappa shape index (κ2) is 6.99. The predicted octanol–water partition coefficient (Wildman–Crippen LogP) is 3.30. The maximum absolute atomic E-state index is 10.8. The number of carbonyl (C=O) groups is 1. The number of carboxylic acids is 1. The topological polar surface area (TPSA) is 59.4 Å². The molecule has 2 aromatic rings. The van der Waals surface area contributed by atoms with Crippen LogP contribution in [0.5, 0.6) is 0 Å². The van der Waals surface area contributed by atoms with Gasteiger partial charge in [-0.1, -0.05) is 18.2 Å². The summed E-state index contributed by atoms with van der Waals surface area (Å²) in [5.74, 6) is -0.854. The van der Waals surface area contributed by atoms with Gasteiger partial charge < -0.3 is 9.84 Å². The molecule has 0 unspecified atom stereocenters. The average Bonchev–Trinajstić information content (AvgIpc) is 2.45. The Bertz CT molecular complexity index is 623. The second-order valence-electron chi connectivity index (χ2n) is 5.21. The monoisotopic (exact) mass is 285 g/mol. The van der Waals surface area contributed by atoms with Gasteiger partial charge in [-0.05, 0) is 42.7 Å². The number of aliphatic carboxylic acids is 1. The third-order valence-electron chi connectivity index (χ3n) is 2.99. The molecule has 0 fully saturated rings. The van der Waals surface area contributed by atoms with Crippen LogP contribution in [-0.2, 0) is 22.6 Å². The zero-order chi connectivity index (χ0) is 15.2. The lowest BCUT2D eigenvalue weighted by Crippen LogP contribution is -2.02. The van der Waals surface area contributed by atoms with Crippen LogP contribution in [0, 0.1) is 0 Å². The lowest BCUT2D eigenvalue weighted by molar-refractivity contribution is -0.136. The minimum atomic E-state index is -0.854. The minimum Gasteiger partial charge on any atom is -0.481 e. The van der Waals surface area contributed by atoms with Crippen molar-refractivity contribution in [3.05, 3.63) is 53.9 Å². The van der Waals surface area contributed by atoms with E-state index in [0.717, 1.165) is 16.7 Å². The van der Waals surface area contributed by atoms with Crippen molar-refractivity contribution in [1.29, 1.82) is 0 Å². The summed E-state index contributed by atoms with van der Waals surface area (Å²) in [6.45, 7) is 4.57. The molecule has 0 aliphatic rings. The molecule has 0 saturated heterocycles. The number of nitrogens with zero attached hydrogens (tertiary/aromatic N) is 1. The van der Waals surface area contributed by atoms with Crippen molar-refractivity contribution < 1.29 is 14.6 Å². The van der Waals surface area contributed by atoms with Gasteiger partial charge in [0.2, 0.25) is 0 Å². The molecule has 0 aliphatic carbocycles. The molecule has 1 aromatic heterocycles. The zero-order valence-electron chi connectivity index (χ0n) is 12.2. The maximum atomic E-state index is 10.8. The van der Waals surface area contributed by atoms with E-state index in [-0.39, 0.29) is 12.5 Å². The first-order valence-electron chi connectivity index (χ1n) is 6.91. The van der Waals surface area contributed by atoms with Gasteiger partial charge in [0.1, 0.15) is 0 Å². The first kappa shape index (κ1) is 15.2. The number of ether oxygens (including phenoxy) is 1. The SMILES string of the molecule is CC(C)OCc1cccc(-c2cncc(CC(=O)O)c2)c1. The first-order chi connectivity index (χ1) is 10.0. The fraction of sp³-hybridized carbons (Fsp3) is 0.294. The van der Waals surface area contributed by atoms with Gasteiger partial charge in [0.25, 0.3) is 0 Å². The zero-order valence-corrected chi connectivity index (χ0v) is 12.2. The standard InChI is InChI=1S/C17H19NO3/c1-12(2)21-11-13-4-3-5-15(6-13)16-7-14(8-17(19)20)9-18-10-16/h3-7,9-10,12H,8,11H2,1-2H3,(H,19,20). The highest BCUT2D eigenvalue weighted by Crippen LogP contribution is 2.21. The lowest BCUT2D eigenvalue weighted by atomic mass is 10.0. The number of benzene rings is 1. The average molecular weight is 285 g/mol. The van der Waals surface area contributed by atoms with Gasteiger partial charge in [0, 0.05) is 18.0 Å². The van der Waals surface area contributed by atoms with Crippen molar-refractivity contribution in [2.45, 2.75) is 33.0 Å². The van der Waals surface area contributed by atoms with E-state index in [2.05, 4.69) is 4.98 Å². The Hall–Kier alpha value is -2.20. The number of carboxylic acid groups (broad SMARTS) is 1. The minimum absolute atomic E-state index is 0.0169. The van der Waals surface area contributed by atoms with Crippen LogP contribution in [0.15, 0.2) is 42.7 Å². The van der Waals surface area contributed by atoms with Gasteiger partial charge in [-0.15, -0.1) is 0 Å². The smallest absolute Gasteiger partial charge is 0.307 e. The van der Waals surface area contributed by atoms with Crippen molar-refractivity contribution in [3.8, 4) is 11.1 Å². The molecule has 2 rings (SSSR count).